The number of carbonyl (C=O) groups excluding carboxylic acids is 2. The molecule has 2 atom stereocenters. The van der Waals surface area contributed by atoms with Crippen LogP contribution < -0.4 is 10.6 Å². The minimum Gasteiger partial charge on any atom is -0.373 e. The third-order valence-electron chi connectivity index (χ3n) is 3.39. The molecular formula is C12H21N3O3. The van der Waals surface area contributed by atoms with Crippen molar-refractivity contribution in [3.63, 3.8) is 0 Å². The summed E-state index contributed by atoms with van der Waals surface area (Å²) >= 11 is 0. The SMILES string of the molecule is CC(=O)NCC1CN(C(=O)C2CCCN2)CCO1. The van der Waals surface area contributed by atoms with E-state index >= 15 is 0 Å². The second-order valence-electron chi connectivity index (χ2n) is 4.86. The van der Waals surface area contributed by atoms with Crippen LogP contribution in [0.2, 0.25) is 0 Å². The van der Waals surface area contributed by atoms with Crippen molar-refractivity contribution in [3.05, 3.63) is 0 Å². The summed E-state index contributed by atoms with van der Waals surface area (Å²) in [5, 5.41) is 5.94. The molecule has 6 nitrogen and oxygen atoms in total. The van der Waals surface area contributed by atoms with Crippen LogP contribution in [0.15, 0.2) is 0 Å². The van der Waals surface area contributed by atoms with Crippen LogP contribution >= 0.6 is 0 Å². The molecule has 0 aromatic heterocycles. The topological polar surface area (TPSA) is 70.7 Å². The molecule has 0 saturated carbocycles. The van der Waals surface area contributed by atoms with Gasteiger partial charge in [0.15, 0.2) is 0 Å². The van der Waals surface area contributed by atoms with Gasteiger partial charge in [0.25, 0.3) is 0 Å². The number of nitrogens with zero attached hydrogens (tertiary/aromatic N) is 1. The average Bonchev–Trinajstić information content (AvgIpc) is 2.89. The molecule has 0 aromatic rings. The van der Waals surface area contributed by atoms with E-state index in [0.717, 1.165) is 19.4 Å². The average molecular weight is 255 g/mol. The Balaban J connectivity index is 1.81. The zero-order chi connectivity index (χ0) is 13.0. The maximum atomic E-state index is 12.2. The summed E-state index contributed by atoms with van der Waals surface area (Å²) in [5.41, 5.74) is 0. The van der Waals surface area contributed by atoms with Gasteiger partial charge >= 0.3 is 0 Å². The fourth-order valence-corrected chi connectivity index (χ4v) is 2.42. The Morgan fingerprint density at radius 2 is 2.33 bits per heavy atom. The van der Waals surface area contributed by atoms with E-state index in [0.29, 0.717) is 26.2 Å². The summed E-state index contributed by atoms with van der Waals surface area (Å²) in [6, 6.07) is -0.0236. The maximum Gasteiger partial charge on any atom is 0.239 e. The molecule has 2 saturated heterocycles. The van der Waals surface area contributed by atoms with Crippen molar-refractivity contribution in [1.29, 1.82) is 0 Å². The van der Waals surface area contributed by atoms with Crippen LogP contribution in [0.3, 0.4) is 0 Å². The molecule has 0 radical (unpaired) electrons. The van der Waals surface area contributed by atoms with Gasteiger partial charge in [0, 0.05) is 26.6 Å². The fourth-order valence-electron chi connectivity index (χ4n) is 2.42. The molecule has 2 heterocycles. The number of rotatable bonds is 3. The molecule has 0 aliphatic carbocycles. The van der Waals surface area contributed by atoms with Crippen molar-refractivity contribution in [2.75, 3.05) is 32.8 Å². The van der Waals surface area contributed by atoms with Crippen molar-refractivity contribution in [3.8, 4) is 0 Å². The molecular weight excluding hydrogens is 234 g/mol. The molecule has 0 spiro atoms. The van der Waals surface area contributed by atoms with Crippen LogP contribution in [0, 0.1) is 0 Å². The Morgan fingerprint density at radius 1 is 1.50 bits per heavy atom. The van der Waals surface area contributed by atoms with E-state index < -0.39 is 0 Å². The molecule has 102 valence electrons. The fraction of sp³-hybridized carbons (Fsp3) is 0.833. The second kappa shape index (κ2) is 6.15. The molecule has 18 heavy (non-hydrogen) atoms. The highest BCUT2D eigenvalue weighted by Crippen LogP contribution is 2.12. The van der Waals surface area contributed by atoms with Gasteiger partial charge in [-0.2, -0.15) is 0 Å². The minimum atomic E-state index is -0.0898. The van der Waals surface area contributed by atoms with Crippen molar-refractivity contribution in [1.82, 2.24) is 15.5 Å². The van der Waals surface area contributed by atoms with Gasteiger partial charge in [-0.1, -0.05) is 0 Å². The number of amides is 2. The van der Waals surface area contributed by atoms with Crippen molar-refractivity contribution < 1.29 is 14.3 Å². The lowest BCUT2D eigenvalue weighted by Gasteiger charge is -2.34. The maximum absolute atomic E-state index is 12.2. The number of morpholine rings is 1. The molecule has 2 N–H and O–H groups in total. The molecule has 2 fully saturated rings. The monoisotopic (exact) mass is 255 g/mol. The largest absolute Gasteiger partial charge is 0.373 e. The van der Waals surface area contributed by atoms with Gasteiger partial charge in [0.1, 0.15) is 0 Å². The third-order valence-corrected chi connectivity index (χ3v) is 3.39. The molecule has 6 heteroatoms. The Bertz CT molecular complexity index is 316. The standard InChI is InChI=1S/C12H21N3O3/c1-9(16)14-7-10-8-15(5-6-18-10)12(17)11-3-2-4-13-11/h10-11,13H,2-8H2,1H3,(H,14,16). The Labute approximate surface area is 107 Å². The smallest absolute Gasteiger partial charge is 0.239 e. The van der Waals surface area contributed by atoms with Gasteiger partial charge in [-0.05, 0) is 19.4 Å². The highest BCUT2D eigenvalue weighted by atomic mass is 16.5. The van der Waals surface area contributed by atoms with Crippen LogP contribution in [0.4, 0.5) is 0 Å². The van der Waals surface area contributed by atoms with E-state index in [4.69, 9.17) is 4.74 Å². The van der Waals surface area contributed by atoms with Crippen molar-refractivity contribution >= 4 is 11.8 Å². The van der Waals surface area contributed by atoms with Gasteiger partial charge in [-0.25, -0.2) is 0 Å². The number of nitrogens with one attached hydrogen (secondary N) is 2. The van der Waals surface area contributed by atoms with E-state index in [-0.39, 0.29) is 24.0 Å². The van der Waals surface area contributed by atoms with E-state index in [1.807, 2.05) is 4.90 Å². The van der Waals surface area contributed by atoms with Gasteiger partial charge in [-0.3, -0.25) is 9.59 Å². The highest BCUT2D eigenvalue weighted by molar-refractivity contribution is 5.82. The summed E-state index contributed by atoms with van der Waals surface area (Å²) < 4.78 is 5.54. The van der Waals surface area contributed by atoms with Gasteiger partial charge in [0.2, 0.25) is 11.8 Å². The lowest BCUT2D eigenvalue weighted by Crippen LogP contribution is -2.53. The highest BCUT2D eigenvalue weighted by Gasteiger charge is 2.30. The van der Waals surface area contributed by atoms with E-state index in [1.165, 1.54) is 6.92 Å². The number of hydrogen-bond donors (Lipinski definition) is 2. The van der Waals surface area contributed by atoms with Gasteiger partial charge < -0.3 is 20.3 Å². The zero-order valence-electron chi connectivity index (χ0n) is 10.8. The van der Waals surface area contributed by atoms with Crippen molar-refractivity contribution in [2.45, 2.75) is 31.9 Å². The summed E-state index contributed by atoms with van der Waals surface area (Å²) in [4.78, 5) is 24.9. The van der Waals surface area contributed by atoms with E-state index in [9.17, 15) is 9.59 Å². The Kier molecular flexibility index (Phi) is 4.54. The predicted octanol–water partition coefficient (Wildman–Crippen LogP) is -0.898. The van der Waals surface area contributed by atoms with Gasteiger partial charge in [0.05, 0.1) is 18.8 Å². The molecule has 2 rings (SSSR count). The molecule has 2 aliphatic rings. The second-order valence-corrected chi connectivity index (χ2v) is 4.86. The molecule has 2 aliphatic heterocycles. The first-order valence-electron chi connectivity index (χ1n) is 6.55. The van der Waals surface area contributed by atoms with Crippen LogP contribution in [0.1, 0.15) is 19.8 Å². The Morgan fingerprint density at radius 3 is 3.00 bits per heavy atom. The number of ether oxygens (including phenoxy) is 1. The first-order chi connectivity index (χ1) is 8.66. The molecule has 2 unspecified atom stereocenters. The lowest BCUT2D eigenvalue weighted by atomic mass is 10.1. The molecule has 2 amide bonds. The summed E-state index contributed by atoms with van der Waals surface area (Å²) in [5.74, 6) is 0.100. The Hall–Kier alpha value is -1.14. The molecule has 0 bridgehead atoms. The van der Waals surface area contributed by atoms with Crippen LogP contribution in [0.25, 0.3) is 0 Å². The third kappa shape index (κ3) is 3.43. The van der Waals surface area contributed by atoms with Crippen LogP contribution in [-0.2, 0) is 14.3 Å². The lowest BCUT2D eigenvalue weighted by molar-refractivity contribution is -0.140. The summed E-state index contributed by atoms with van der Waals surface area (Å²) in [6.07, 6.45) is 1.90. The van der Waals surface area contributed by atoms with Gasteiger partial charge in [-0.15, -0.1) is 0 Å². The quantitative estimate of drug-likeness (QED) is 0.686. The van der Waals surface area contributed by atoms with Crippen LogP contribution in [0.5, 0.6) is 0 Å². The normalized spacial score (nSPS) is 28.2. The predicted molar refractivity (Wildman–Crippen MR) is 66.0 cm³/mol. The van der Waals surface area contributed by atoms with E-state index in [2.05, 4.69) is 10.6 Å². The zero-order valence-corrected chi connectivity index (χ0v) is 10.8. The number of hydrogen-bond acceptors (Lipinski definition) is 4. The van der Waals surface area contributed by atoms with E-state index in [1.54, 1.807) is 0 Å². The summed E-state index contributed by atoms with van der Waals surface area (Å²) in [7, 11) is 0. The number of carbonyl (C=O) groups is 2. The van der Waals surface area contributed by atoms with Crippen LogP contribution in [-0.4, -0.2) is 61.6 Å². The molecule has 0 aromatic carbocycles. The first-order valence-corrected chi connectivity index (χ1v) is 6.55. The first kappa shape index (κ1) is 13.3. The summed E-state index contributed by atoms with van der Waals surface area (Å²) in [6.45, 7) is 4.63. The van der Waals surface area contributed by atoms with Crippen molar-refractivity contribution in [2.24, 2.45) is 0 Å². The minimum absolute atomic E-state index is 0.0236.